The van der Waals surface area contributed by atoms with Gasteiger partial charge in [0.2, 0.25) is 0 Å². The molecule has 0 radical (unpaired) electrons. The van der Waals surface area contributed by atoms with Gasteiger partial charge in [0.25, 0.3) is 0 Å². The molecule has 0 N–H and O–H groups in total. The number of aryl methyl sites for hydroxylation is 3. The molecule has 0 aliphatic heterocycles. The molecule has 0 aliphatic carbocycles. The highest BCUT2D eigenvalue weighted by molar-refractivity contribution is 5.74. The average molecular weight is 599 g/mol. The molecule has 236 valence electrons. The number of rotatable bonds is 17. The number of allylic oxidation sites excluding steroid dienone is 1. The minimum absolute atomic E-state index is 0.830. The Hall–Kier alpha value is -3.78. The van der Waals surface area contributed by atoms with Crippen molar-refractivity contribution in [2.45, 2.75) is 112 Å². The Morgan fingerprint density at radius 3 is 1.93 bits per heavy atom. The molecule has 0 aliphatic rings. The lowest BCUT2D eigenvalue weighted by Crippen LogP contribution is -2.00. The van der Waals surface area contributed by atoms with Gasteiger partial charge in [-0.2, -0.15) is 10.2 Å². The van der Waals surface area contributed by atoms with Crippen LogP contribution in [0.25, 0.3) is 28.3 Å². The summed E-state index contributed by atoms with van der Waals surface area (Å²) in [5.41, 5.74) is 14.1. The summed E-state index contributed by atoms with van der Waals surface area (Å²) in [4.78, 5) is 0. The van der Waals surface area contributed by atoms with Crippen LogP contribution in [0.3, 0.4) is 0 Å². The van der Waals surface area contributed by atoms with Crippen LogP contribution in [0.15, 0.2) is 101 Å². The first-order valence-electron chi connectivity index (χ1n) is 17.6. The number of hydrogen-bond donors (Lipinski definition) is 0. The standard InChI is InChI=1S/C43H54N2/c1-6-10-13-16-26-38-32-40(28-33(5)43(38)36-24-19-15-20-25-36)45-44-39(9-4)30-34-29-37(21-11-7-2)41(27-12-8-3)42(31-34)35-22-17-14-18-23-35/h14-15,17-20,22-25,28-32H,6-13,16,21,26-27H2,1-5H3. The Balaban J connectivity index is 1.71. The maximum absolute atomic E-state index is 4.85. The number of benzene rings is 4. The summed E-state index contributed by atoms with van der Waals surface area (Å²) >= 11 is 0. The van der Waals surface area contributed by atoms with Crippen molar-refractivity contribution in [3.63, 3.8) is 0 Å². The van der Waals surface area contributed by atoms with E-state index < -0.39 is 0 Å². The Labute approximate surface area is 273 Å². The van der Waals surface area contributed by atoms with Crippen LogP contribution in [0, 0.1) is 6.92 Å². The minimum Gasteiger partial charge on any atom is -0.155 e. The summed E-state index contributed by atoms with van der Waals surface area (Å²) in [6, 6.07) is 31.0. The fourth-order valence-electron chi connectivity index (χ4n) is 6.32. The summed E-state index contributed by atoms with van der Waals surface area (Å²) in [6.07, 6.45) is 16.2. The van der Waals surface area contributed by atoms with E-state index in [1.165, 1.54) is 101 Å². The molecule has 0 fully saturated rings. The predicted molar refractivity (Wildman–Crippen MR) is 196 cm³/mol. The van der Waals surface area contributed by atoms with Gasteiger partial charge in [-0.05, 0) is 126 Å². The van der Waals surface area contributed by atoms with E-state index in [0.29, 0.717) is 0 Å². The molecular weight excluding hydrogens is 544 g/mol. The highest BCUT2D eigenvalue weighted by Crippen LogP contribution is 2.34. The summed E-state index contributed by atoms with van der Waals surface area (Å²) in [6.45, 7) is 11.2. The summed E-state index contributed by atoms with van der Waals surface area (Å²) < 4.78 is 0. The Bertz CT molecular complexity index is 1530. The largest absolute Gasteiger partial charge is 0.155 e. The first-order valence-corrected chi connectivity index (χ1v) is 17.6. The highest BCUT2D eigenvalue weighted by Gasteiger charge is 2.14. The molecular formula is C43H54N2. The molecule has 2 heteroatoms. The van der Waals surface area contributed by atoms with Crippen molar-refractivity contribution in [2.24, 2.45) is 10.2 Å². The van der Waals surface area contributed by atoms with Gasteiger partial charge in [-0.25, -0.2) is 0 Å². The first-order chi connectivity index (χ1) is 22.1. The third kappa shape index (κ3) is 9.85. The molecule has 0 spiro atoms. The third-order valence-electron chi connectivity index (χ3n) is 8.78. The zero-order chi connectivity index (χ0) is 31.9. The molecule has 4 rings (SSSR count). The maximum Gasteiger partial charge on any atom is 0.0862 e. The van der Waals surface area contributed by atoms with Gasteiger partial charge in [-0.15, -0.1) is 0 Å². The fourth-order valence-corrected chi connectivity index (χ4v) is 6.32. The lowest BCUT2D eigenvalue weighted by atomic mass is 9.88. The van der Waals surface area contributed by atoms with Crippen molar-refractivity contribution in [1.82, 2.24) is 0 Å². The second-order valence-corrected chi connectivity index (χ2v) is 12.4. The molecule has 0 unspecified atom stereocenters. The number of hydrogen-bond acceptors (Lipinski definition) is 2. The van der Waals surface area contributed by atoms with Crippen LogP contribution in [0.4, 0.5) is 5.69 Å². The summed E-state index contributed by atoms with van der Waals surface area (Å²) in [5, 5.41) is 9.70. The van der Waals surface area contributed by atoms with Gasteiger partial charge in [-0.3, -0.25) is 0 Å². The molecule has 0 aromatic heterocycles. The van der Waals surface area contributed by atoms with Crippen molar-refractivity contribution in [3.8, 4) is 22.3 Å². The molecule has 0 bridgehead atoms. The van der Waals surface area contributed by atoms with Crippen LogP contribution in [0.5, 0.6) is 0 Å². The summed E-state index contributed by atoms with van der Waals surface area (Å²) in [5.74, 6) is 0. The fraction of sp³-hybridized carbons (Fsp3) is 0.395. The highest BCUT2D eigenvalue weighted by atomic mass is 15.1. The Morgan fingerprint density at radius 2 is 1.27 bits per heavy atom. The van der Waals surface area contributed by atoms with E-state index >= 15 is 0 Å². The topological polar surface area (TPSA) is 24.7 Å². The van der Waals surface area contributed by atoms with Crippen molar-refractivity contribution < 1.29 is 0 Å². The molecule has 0 amide bonds. The zero-order valence-electron chi connectivity index (χ0n) is 28.5. The molecule has 0 atom stereocenters. The second-order valence-electron chi connectivity index (χ2n) is 12.4. The van der Waals surface area contributed by atoms with E-state index in [1.807, 2.05) is 0 Å². The van der Waals surface area contributed by atoms with Crippen LogP contribution in [0.2, 0.25) is 0 Å². The van der Waals surface area contributed by atoms with Crippen molar-refractivity contribution in [3.05, 3.63) is 118 Å². The van der Waals surface area contributed by atoms with E-state index in [0.717, 1.165) is 37.1 Å². The average Bonchev–Trinajstić information content (AvgIpc) is 3.07. The van der Waals surface area contributed by atoms with Crippen LogP contribution in [0.1, 0.15) is 113 Å². The van der Waals surface area contributed by atoms with E-state index in [9.17, 15) is 0 Å². The van der Waals surface area contributed by atoms with Crippen LogP contribution < -0.4 is 0 Å². The van der Waals surface area contributed by atoms with Crippen molar-refractivity contribution >= 4 is 11.8 Å². The molecule has 2 nitrogen and oxygen atoms in total. The summed E-state index contributed by atoms with van der Waals surface area (Å²) in [7, 11) is 0. The van der Waals surface area contributed by atoms with Gasteiger partial charge in [0, 0.05) is 0 Å². The minimum atomic E-state index is 0.830. The van der Waals surface area contributed by atoms with Gasteiger partial charge in [0.05, 0.1) is 11.4 Å². The maximum atomic E-state index is 4.85. The Morgan fingerprint density at radius 1 is 0.622 bits per heavy atom. The van der Waals surface area contributed by atoms with E-state index in [1.54, 1.807) is 0 Å². The molecule has 4 aromatic rings. The molecule has 0 heterocycles. The van der Waals surface area contributed by atoms with Gasteiger partial charge in [0.15, 0.2) is 0 Å². The lowest BCUT2D eigenvalue weighted by molar-refractivity contribution is 0.667. The number of azo groups is 1. The normalized spacial score (nSPS) is 11.9. The van der Waals surface area contributed by atoms with Crippen LogP contribution in [-0.2, 0) is 19.3 Å². The number of unbranched alkanes of at least 4 members (excludes halogenated alkanes) is 5. The van der Waals surface area contributed by atoms with E-state index in [-0.39, 0.29) is 0 Å². The van der Waals surface area contributed by atoms with Gasteiger partial charge in [0.1, 0.15) is 0 Å². The third-order valence-corrected chi connectivity index (χ3v) is 8.78. The number of nitrogens with zero attached hydrogens (tertiary/aromatic N) is 2. The van der Waals surface area contributed by atoms with Gasteiger partial charge < -0.3 is 0 Å². The van der Waals surface area contributed by atoms with E-state index in [4.69, 9.17) is 10.2 Å². The molecule has 0 saturated carbocycles. The Kier molecular flexibility index (Phi) is 13.8. The molecule has 45 heavy (non-hydrogen) atoms. The molecule has 0 saturated heterocycles. The van der Waals surface area contributed by atoms with Crippen LogP contribution in [-0.4, -0.2) is 0 Å². The first kappa shape index (κ1) is 34.1. The van der Waals surface area contributed by atoms with Crippen LogP contribution >= 0.6 is 0 Å². The quantitative estimate of drug-likeness (QED) is 0.0853. The molecule has 4 aromatic carbocycles. The monoisotopic (exact) mass is 598 g/mol. The van der Waals surface area contributed by atoms with Crippen molar-refractivity contribution in [2.75, 3.05) is 0 Å². The second kappa shape index (κ2) is 18.3. The predicted octanol–water partition coefficient (Wildman–Crippen LogP) is 13.7. The lowest BCUT2D eigenvalue weighted by Gasteiger charge is -2.17. The SMILES string of the molecule is CCCCCCc1cc(N=NC(=Cc2cc(CCCC)c(CCCC)c(-c3ccccc3)c2)CC)cc(C)c1-c1ccccc1. The van der Waals surface area contributed by atoms with Gasteiger partial charge in [-0.1, -0.05) is 127 Å². The van der Waals surface area contributed by atoms with Crippen molar-refractivity contribution in [1.29, 1.82) is 0 Å². The van der Waals surface area contributed by atoms with E-state index in [2.05, 4.69) is 126 Å². The smallest absolute Gasteiger partial charge is 0.0862 e. The van der Waals surface area contributed by atoms with Gasteiger partial charge >= 0.3 is 0 Å². The zero-order valence-corrected chi connectivity index (χ0v) is 28.5.